The molecule has 13 heteroatoms. The molecule has 28 heavy (non-hydrogen) atoms. The summed E-state index contributed by atoms with van der Waals surface area (Å²) in [5.41, 5.74) is 10.2. The van der Waals surface area contributed by atoms with Crippen molar-refractivity contribution >= 4 is 35.6 Å². The zero-order chi connectivity index (χ0) is 21.4. The first kappa shape index (κ1) is 22.8. The molecule has 1 heterocycles. The Morgan fingerprint density at radius 3 is 2.18 bits per heavy atom. The second kappa shape index (κ2) is 10.2. The lowest BCUT2D eigenvalue weighted by Gasteiger charge is -2.28. The number of carbonyl (C=O) groups is 6. The molecule has 4 amide bonds. The summed E-state index contributed by atoms with van der Waals surface area (Å²) in [6, 6.07) is -4.16. The van der Waals surface area contributed by atoms with E-state index in [1.807, 2.05) is 0 Å². The van der Waals surface area contributed by atoms with Crippen LogP contribution in [0.1, 0.15) is 25.7 Å². The van der Waals surface area contributed by atoms with E-state index in [0.717, 1.165) is 4.90 Å². The van der Waals surface area contributed by atoms with Crippen molar-refractivity contribution in [3.05, 3.63) is 0 Å². The maximum absolute atomic E-state index is 12.7. The molecule has 0 bridgehead atoms. The minimum Gasteiger partial charge on any atom is -0.481 e. The van der Waals surface area contributed by atoms with Gasteiger partial charge in [-0.05, 0) is 12.8 Å². The lowest BCUT2D eigenvalue weighted by Crippen LogP contribution is -2.57. The molecule has 1 aliphatic heterocycles. The first-order valence-electron chi connectivity index (χ1n) is 8.40. The fraction of sp³-hybridized carbons (Fsp3) is 0.600. The number of carbonyl (C=O) groups excluding carboxylic acids is 4. The molecule has 0 aromatic heterocycles. The number of nitrogens with one attached hydrogen (secondary N) is 2. The van der Waals surface area contributed by atoms with Crippen LogP contribution in [0.15, 0.2) is 0 Å². The van der Waals surface area contributed by atoms with E-state index >= 15 is 0 Å². The summed E-state index contributed by atoms with van der Waals surface area (Å²) in [6.45, 7) is -0.384. The van der Waals surface area contributed by atoms with E-state index < -0.39 is 73.1 Å². The van der Waals surface area contributed by atoms with Crippen LogP contribution < -0.4 is 22.1 Å². The summed E-state index contributed by atoms with van der Waals surface area (Å²) in [6.07, 6.45) is -0.783. The van der Waals surface area contributed by atoms with E-state index in [2.05, 4.69) is 10.6 Å². The van der Waals surface area contributed by atoms with Crippen molar-refractivity contribution in [2.24, 2.45) is 11.5 Å². The zero-order valence-corrected chi connectivity index (χ0v) is 14.9. The van der Waals surface area contributed by atoms with Gasteiger partial charge in [-0.25, -0.2) is 4.79 Å². The summed E-state index contributed by atoms with van der Waals surface area (Å²) in [5, 5.41) is 22.4. The maximum atomic E-state index is 12.7. The summed E-state index contributed by atoms with van der Waals surface area (Å²) in [7, 11) is 0. The highest BCUT2D eigenvalue weighted by atomic mass is 16.4. The molecule has 0 aromatic carbocycles. The van der Waals surface area contributed by atoms with Crippen molar-refractivity contribution in [2.45, 2.75) is 43.8 Å². The average Bonchev–Trinajstić information content (AvgIpc) is 3.08. The molecular weight excluding hydrogens is 378 g/mol. The van der Waals surface area contributed by atoms with Crippen LogP contribution in [0.2, 0.25) is 0 Å². The summed E-state index contributed by atoms with van der Waals surface area (Å²) in [4.78, 5) is 71.0. The van der Waals surface area contributed by atoms with Crippen molar-refractivity contribution < 1.29 is 39.0 Å². The summed E-state index contributed by atoms with van der Waals surface area (Å²) >= 11 is 0. The van der Waals surface area contributed by atoms with E-state index in [0.29, 0.717) is 6.42 Å². The molecule has 0 aliphatic carbocycles. The van der Waals surface area contributed by atoms with Crippen LogP contribution in [0.25, 0.3) is 0 Å². The van der Waals surface area contributed by atoms with Crippen molar-refractivity contribution in [3.8, 4) is 0 Å². The normalized spacial score (nSPS) is 18.0. The van der Waals surface area contributed by atoms with Crippen LogP contribution >= 0.6 is 0 Å². The number of nitrogens with zero attached hydrogens (tertiary/aromatic N) is 1. The molecule has 3 atom stereocenters. The van der Waals surface area contributed by atoms with Gasteiger partial charge in [0.2, 0.25) is 23.6 Å². The van der Waals surface area contributed by atoms with Gasteiger partial charge in [0.05, 0.1) is 19.4 Å². The van der Waals surface area contributed by atoms with Crippen molar-refractivity contribution in [1.82, 2.24) is 15.5 Å². The number of hydrogen-bond donors (Lipinski definition) is 6. The summed E-state index contributed by atoms with van der Waals surface area (Å²) < 4.78 is 0. The van der Waals surface area contributed by atoms with Crippen molar-refractivity contribution in [2.75, 3.05) is 13.1 Å². The molecule has 0 spiro atoms. The van der Waals surface area contributed by atoms with Gasteiger partial charge in [0.15, 0.2) is 0 Å². The zero-order valence-electron chi connectivity index (χ0n) is 14.9. The van der Waals surface area contributed by atoms with Crippen LogP contribution in [-0.2, 0) is 28.8 Å². The van der Waals surface area contributed by atoms with Gasteiger partial charge in [-0.2, -0.15) is 0 Å². The number of nitrogens with two attached hydrogens (primary N) is 2. The molecule has 1 rings (SSSR count). The average molecular weight is 401 g/mol. The molecule has 0 radical (unpaired) electrons. The molecule has 0 saturated carbocycles. The second-order valence-electron chi connectivity index (χ2n) is 6.18. The van der Waals surface area contributed by atoms with E-state index in [9.17, 15) is 33.9 Å². The van der Waals surface area contributed by atoms with E-state index in [1.54, 1.807) is 0 Å². The fourth-order valence-electron chi connectivity index (χ4n) is 2.80. The van der Waals surface area contributed by atoms with Gasteiger partial charge < -0.3 is 37.2 Å². The number of carboxylic acids is 2. The Kier molecular flexibility index (Phi) is 8.31. The van der Waals surface area contributed by atoms with Crippen LogP contribution in [-0.4, -0.2) is 81.9 Å². The number of hydrogen-bond acceptors (Lipinski definition) is 7. The van der Waals surface area contributed by atoms with Gasteiger partial charge in [-0.1, -0.05) is 0 Å². The van der Waals surface area contributed by atoms with Gasteiger partial charge in [0.1, 0.15) is 18.1 Å². The number of amides is 4. The molecule has 0 aromatic rings. The highest BCUT2D eigenvalue weighted by Gasteiger charge is 2.39. The van der Waals surface area contributed by atoms with Gasteiger partial charge in [-0.15, -0.1) is 0 Å². The van der Waals surface area contributed by atoms with E-state index in [4.69, 9.17) is 16.6 Å². The third-order valence-corrected chi connectivity index (χ3v) is 4.06. The SMILES string of the molecule is NCC(=O)N[C@@H](CC(=O)O)C(=O)N[C@@H](CC(N)=O)C(=O)N1CCC[C@H]1C(=O)O. The quantitative estimate of drug-likeness (QED) is 0.212. The maximum Gasteiger partial charge on any atom is 0.326 e. The highest BCUT2D eigenvalue weighted by molar-refractivity contribution is 5.97. The Balaban J connectivity index is 2.99. The number of carboxylic acid groups (broad SMARTS) is 2. The Hall–Kier alpha value is -3.22. The van der Waals surface area contributed by atoms with Crippen LogP contribution in [0, 0.1) is 0 Å². The highest BCUT2D eigenvalue weighted by Crippen LogP contribution is 2.19. The minimum atomic E-state index is -1.55. The van der Waals surface area contributed by atoms with Gasteiger partial charge in [0, 0.05) is 6.54 Å². The fourth-order valence-corrected chi connectivity index (χ4v) is 2.80. The van der Waals surface area contributed by atoms with Crippen molar-refractivity contribution in [3.63, 3.8) is 0 Å². The standard InChI is InChI=1S/C15H23N5O8/c16-6-11(22)18-7(5-12(23)24)13(25)19-8(4-10(17)21)14(26)20-3-1-2-9(20)15(27)28/h7-9H,1-6,16H2,(H2,17,21)(H,18,22)(H,19,25)(H,23,24)(H,27,28)/t7-,8-,9-/m0/s1. The predicted octanol–water partition coefficient (Wildman–Crippen LogP) is -3.66. The number of rotatable bonds is 10. The third kappa shape index (κ3) is 6.50. The van der Waals surface area contributed by atoms with Crippen LogP contribution in [0.4, 0.5) is 0 Å². The monoisotopic (exact) mass is 401 g/mol. The Morgan fingerprint density at radius 1 is 1.04 bits per heavy atom. The molecule has 156 valence electrons. The minimum absolute atomic E-state index is 0.114. The molecule has 8 N–H and O–H groups in total. The predicted molar refractivity (Wildman–Crippen MR) is 91.4 cm³/mol. The first-order valence-corrected chi connectivity index (χ1v) is 8.40. The molecule has 13 nitrogen and oxygen atoms in total. The smallest absolute Gasteiger partial charge is 0.326 e. The number of primary amides is 1. The van der Waals surface area contributed by atoms with Gasteiger partial charge in [-0.3, -0.25) is 24.0 Å². The topological polar surface area (TPSA) is 222 Å². The Labute approximate surface area is 159 Å². The number of likely N-dealkylation sites (tertiary alicyclic amines) is 1. The second-order valence-corrected chi connectivity index (χ2v) is 6.18. The molecule has 0 unspecified atom stereocenters. The van der Waals surface area contributed by atoms with Crippen LogP contribution in [0.3, 0.4) is 0 Å². The van der Waals surface area contributed by atoms with E-state index in [1.165, 1.54) is 0 Å². The lowest BCUT2D eigenvalue weighted by molar-refractivity contribution is -0.150. The van der Waals surface area contributed by atoms with Gasteiger partial charge >= 0.3 is 11.9 Å². The Bertz CT molecular complexity index is 667. The first-order chi connectivity index (χ1) is 13.1. The molecule has 1 fully saturated rings. The largest absolute Gasteiger partial charge is 0.481 e. The summed E-state index contributed by atoms with van der Waals surface area (Å²) in [5.74, 6) is -6.25. The van der Waals surface area contributed by atoms with Crippen LogP contribution in [0.5, 0.6) is 0 Å². The van der Waals surface area contributed by atoms with E-state index in [-0.39, 0.29) is 13.0 Å². The Morgan fingerprint density at radius 2 is 1.68 bits per heavy atom. The van der Waals surface area contributed by atoms with Crippen molar-refractivity contribution in [1.29, 1.82) is 0 Å². The molecule has 1 saturated heterocycles. The van der Waals surface area contributed by atoms with Gasteiger partial charge in [0.25, 0.3) is 0 Å². The molecular formula is C15H23N5O8. The molecule has 1 aliphatic rings. The lowest BCUT2D eigenvalue weighted by atomic mass is 10.1. The number of aliphatic carboxylic acids is 2. The third-order valence-electron chi connectivity index (χ3n) is 4.06.